The minimum Gasteiger partial charge on any atom is -0.391 e. The van der Waals surface area contributed by atoms with Crippen molar-refractivity contribution in [3.8, 4) is 0 Å². The lowest BCUT2D eigenvalue weighted by molar-refractivity contribution is 0.0230. The summed E-state index contributed by atoms with van der Waals surface area (Å²) in [7, 11) is -58.6. The van der Waals surface area contributed by atoms with Crippen molar-refractivity contribution in [1.29, 1.82) is 0 Å². The maximum absolute atomic E-state index is 11.2. The van der Waals surface area contributed by atoms with E-state index in [1.165, 1.54) is 116 Å². The summed E-state index contributed by atoms with van der Waals surface area (Å²) in [6.45, 7) is 24.1. The van der Waals surface area contributed by atoms with E-state index >= 15 is 0 Å². The molecule has 0 aromatic rings. The van der Waals surface area contributed by atoms with Crippen molar-refractivity contribution in [3.63, 3.8) is 0 Å². The Morgan fingerprint density at radius 3 is 0.765 bits per heavy atom. The van der Waals surface area contributed by atoms with E-state index in [9.17, 15) is 57.5 Å². The monoisotopic (exact) mass is 1500 g/mol. The lowest BCUT2D eigenvalue weighted by Crippen LogP contribution is -2.79. The molecule has 0 aromatic heterocycles. The molecule has 0 radical (unpaired) electrons. The van der Waals surface area contributed by atoms with Crippen LogP contribution < -0.4 is 0 Å². The van der Waals surface area contributed by atoms with E-state index in [1.54, 1.807) is 26.2 Å². The van der Waals surface area contributed by atoms with E-state index in [4.69, 9.17) is 96.5 Å². The molecule has 2 rings (SSSR count). The third kappa shape index (κ3) is 32.3. The maximum Gasteiger partial charge on any atom is 0.487 e. The van der Waals surface area contributed by atoms with Gasteiger partial charge in [-0.1, -0.05) is 0 Å². The summed E-state index contributed by atoms with van der Waals surface area (Å²) in [5, 5.41) is 0. The molecule has 2 fully saturated rings. The summed E-state index contributed by atoms with van der Waals surface area (Å²) in [4.78, 5) is 121. The van der Waals surface area contributed by atoms with Gasteiger partial charge in [0.2, 0.25) is 0 Å². The molecule has 0 aromatic carbocycles. The Bertz CT molecular complexity index is 1930. The Hall–Kier alpha value is 2.42. The minimum absolute atomic E-state index is 0.950. The standard InChI is InChI=1S/C13H42O17Si9.C9H34O15Si7.C4H14O5Si2/c1-17-31(5,14)21-34(8,19-3)25-36(10)23-33(7,16)24-37(11)28-38(12,30-39(13,27-36)29-37)26-35(9,20-4)22-32(6,15)18-2;1-17-26(4,12)23-31(9,18-2)24-30(8,16)22-29(7,15)21-28(6,14)20-27(5,13)19-25(3,10)11;1-7-10(3,5)9-11(4,6)8-2/h14-16H,1-13H3;10-16H,1-9H3;5-6H,1-4H3. The summed E-state index contributed by atoms with van der Waals surface area (Å²) in [6.07, 6.45) is 0. The van der Waals surface area contributed by atoms with Crippen LogP contribution in [0.25, 0.3) is 0 Å². The highest BCUT2D eigenvalue weighted by Gasteiger charge is 2.72. The fourth-order valence-electron chi connectivity index (χ4n) is 6.72. The summed E-state index contributed by atoms with van der Waals surface area (Å²) in [5.41, 5.74) is 0. The first-order valence-corrected chi connectivity index (χ1v) is 64.0. The second kappa shape index (κ2) is 29.8. The van der Waals surface area contributed by atoms with E-state index in [2.05, 4.69) is 8.85 Å². The summed E-state index contributed by atoms with van der Waals surface area (Å²) in [5.74, 6) is 0. The van der Waals surface area contributed by atoms with Gasteiger partial charge in [0.15, 0.2) is 0 Å². The zero-order valence-corrected chi connectivity index (χ0v) is 68.6. The van der Waals surface area contributed by atoms with Crippen LogP contribution in [0.1, 0.15) is 0 Å². The lowest BCUT2D eigenvalue weighted by Gasteiger charge is -2.53. The highest BCUT2D eigenvalue weighted by molar-refractivity contribution is 6.97. The van der Waals surface area contributed by atoms with Gasteiger partial charge in [-0.3, -0.25) is 0 Å². The molecule has 81 heavy (non-hydrogen) atoms. The topological polar surface area (TPSA) is 474 Å². The van der Waals surface area contributed by atoms with Gasteiger partial charge in [-0.05, 0) is 0 Å². The van der Waals surface area contributed by atoms with Crippen LogP contribution >= 0.6 is 0 Å². The SMILES string of the molecule is CO[Si](C)(O)O[Si](C)(O)OC.CO[Si](C)(O)O[Si](C)(OC)O[Si](C)(O)O[Si](C)(O)O[Si](C)(O)O[Si](C)(O)O[Si](C)(O)O.CO[Si](C)(O)O[Si](C)(OC)O[Si]1(C)O[Si](C)(O)O[Si]2(C)O[Si](C)(O[Si](C)(OC)O[Si](C)(O)OC)O[Si](C)(O1)O2. The van der Waals surface area contributed by atoms with Crippen molar-refractivity contribution in [2.24, 2.45) is 0 Å². The fraction of sp³-hybridized carbons (Fsp3) is 1.00. The number of hydrogen-bond donors (Lipinski definition) is 12. The predicted octanol–water partition coefficient (Wildman–Crippen LogP) is -3.42. The largest absolute Gasteiger partial charge is 0.487 e. The second-order valence-electron chi connectivity index (χ2n) is 19.3. The maximum atomic E-state index is 11.2. The normalized spacial score (nSPS) is 32.7. The van der Waals surface area contributed by atoms with Gasteiger partial charge >= 0.3 is 158 Å². The molecule has 2 bridgehead atoms. The molecule has 0 aliphatic carbocycles. The smallest absolute Gasteiger partial charge is 0.391 e. The first kappa shape index (κ1) is 83.4. The molecule has 17 unspecified atom stereocenters. The molecule has 2 saturated heterocycles. The average Bonchev–Trinajstić information content (AvgIpc) is 3.18. The van der Waals surface area contributed by atoms with Crippen LogP contribution in [0.2, 0.25) is 118 Å². The molecule has 488 valence electrons. The van der Waals surface area contributed by atoms with Crippen molar-refractivity contribution in [3.05, 3.63) is 0 Å². The van der Waals surface area contributed by atoms with Crippen molar-refractivity contribution in [2.45, 2.75) is 118 Å². The first-order chi connectivity index (χ1) is 35.5. The highest BCUT2D eigenvalue weighted by atomic mass is 28.6. The van der Waals surface area contributed by atoms with Crippen LogP contribution in [0.4, 0.5) is 0 Å². The third-order valence-corrected chi connectivity index (χ3v) is 66.4. The average molecular weight is 1500 g/mol. The fourth-order valence-corrected chi connectivity index (χ4v) is 68.0. The van der Waals surface area contributed by atoms with Gasteiger partial charge in [-0.2, -0.15) is 0 Å². The van der Waals surface area contributed by atoms with Crippen molar-refractivity contribution < 1.29 is 163 Å². The summed E-state index contributed by atoms with van der Waals surface area (Å²) >= 11 is 0. The van der Waals surface area contributed by atoms with Crippen LogP contribution in [0, 0.1) is 0 Å². The van der Waals surface area contributed by atoms with Crippen molar-refractivity contribution in [1.82, 2.24) is 0 Å². The van der Waals surface area contributed by atoms with Crippen LogP contribution in [0.3, 0.4) is 0 Å². The quantitative estimate of drug-likeness (QED) is 0.0312. The van der Waals surface area contributed by atoms with Gasteiger partial charge in [0, 0.05) is 175 Å². The number of hydrogen-bond acceptors (Lipinski definition) is 37. The van der Waals surface area contributed by atoms with Crippen LogP contribution in [-0.4, -0.2) is 273 Å². The molecular weight excluding hydrogens is 1410 g/mol. The molecule has 0 amide bonds. The van der Waals surface area contributed by atoms with Gasteiger partial charge in [0.05, 0.1) is 0 Å². The van der Waals surface area contributed by atoms with Crippen LogP contribution in [-0.2, 0) is 105 Å². The molecule has 55 heteroatoms. The van der Waals surface area contributed by atoms with E-state index in [0.717, 1.165) is 32.7 Å². The molecule has 12 N–H and O–H groups in total. The molecule has 17 atom stereocenters. The van der Waals surface area contributed by atoms with Gasteiger partial charge < -0.3 is 163 Å². The van der Waals surface area contributed by atoms with Gasteiger partial charge in [0.1, 0.15) is 0 Å². The Morgan fingerprint density at radius 2 is 0.481 bits per heavy atom. The van der Waals surface area contributed by atoms with Gasteiger partial charge in [-0.25, -0.2) is 0 Å². The highest BCUT2D eigenvalue weighted by Crippen LogP contribution is 2.41. The van der Waals surface area contributed by atoms with E-state index in [0.29, 0.717) is 0 Å². The lowest BCUT2D eigenvalue weighted by atomic mass is 11.8. The second-order valence-corrected chi connectivity index (χ2v) is 68.4. The van der Waals surface area contributed by atoms with Crippen LogP contribution in [0.5, 0.6) is 0 Å². The zero-order valence-electron chi connectivity index (χ0n) is 50.6. The zero-order chi connectivity index (χ0) is 64.7. The molecular formula is C26H90O37Si18. The minimum atomic E-state index is -4.37. The van der Waals surface area contributed by atoms with Gasteiger partial charge in [0.25, 0.3) is 0 Å². The van der Waals surface area contributed by atoms with Crippen LogP contribution in [0.15, 0.2) is 0 Å². The Balaban J connectivity index is 0.00000136. The Kier molecular flexibility index (Phi) is 30.7. The molecule has 0 saturated carbocycles. The van der Waals surface area contributed by atoms with E-state index in [1.807, 2.05) is 0 Å². The van der Waals surface area contributed by atoms with E-state index < -0.39 is 158 Å². The number of rotatable bonds is 30. The molecule has 2 heterocycles. The van der Waals surface area contributed by atoms with Crippen molar-refractivity contribution in [2.75, 3.05) is 56.9 Å². The van der Waals surface area contributed by atoms with Gasteiger partial charge in [-0.15, -0.1) is 0 Å². The number of fused-ring (bicyclic) bond motifs is 2. The predicted molar refractivity (Wildman–Crippen MR) is 310 cm³/mol. The molecule has 2 aliphatic rings. The molecule has 37 nitrogen and oxygen atoms in total. The summed E-state index contributed by atoms with van der Waals surface area (Å²) in [6, 6.07) is 0. The first-order valence-electron chi connectivity index (χ1n) is 23.5. The third-order valence-electron chi connectivity index (χ3n) is 9.38. The molecule has 2 aliphatic heterocycles. The van der Waals surface area contributed by atoms with Crippen molar-refractivity contribution >= 4 is 158 Å². The van der Waals surface area contributed by atoms with E-state index in [-0.39, 0.29) is 0 Å². The Labute approximate surface area is 493 Å². The Morgan fingerprint density at radius 1 is 0.259 bits per heavy atom. The summed E-state index contributed by atoms with van der Waals surface area (Å²) < 4.78 is 137. The molecule has 0 spiro atoms.